The lowest BCUT2D eigenvalue weighted by molar-refractivity contribution is -0.0512. The zero-order valence-electron chi connectivity index (χ0n) is 16.5. The second-order valence-corrected chi connectivity index (χ2v) is 6.35. The van der Waals surface area contributed by atoms with E-state index in [1.807, 2.05) is 24.9 Å². The van der Waals surface area contributed by atoms with Gasteiger partial charge in [0.1, 0.15) is 5.75 Å². The van der Waals surface area contributed by atoms with Crippen molar-refractivity contribution in [3.8, 4) is 17.2 Å². The van der Waals surface area contributed by atoms with Crippen molar-refractivity contribution in [1.29, 1.82) is 0 Å². The van der Waals surface area contributed by atoms with E-state index in [2.05, 4.69) is 4.74 Å². The van der Waals surface area contributed by atoms with Crippen molar-refractivity contribution in [2.75, 3.05) is 20.8 Å². The molecule has 0 aromatic heterocycles. The van der Waals surface area contributed by atoms with Gasteiger partial charge in [-0.25, -0.2) is 0 Å². The van der Waals surface area contributed by atoms with Crippen LogP contribution in [0.2, 0.25) is 0 Å². The van der Waals surface area contributed by atoms with Crippen molar-refractivity contribution in [2.45, 2.75) is 33.5 Å². The van der Waals surface area contributed by atoms with Crippen LogP contribution in [0.3, 0.4) is 0 Å². The first kappa shape index (κ1) is 21.6. The summed E-state index contributed by atoms with van der Waals surface area (Å²) in [5.74, 6) is 0.947. The molecular formula is C21H25F2NO4. The average Bonchev–Trinajstić information content (AvgIpc) is 2.63. The topological polar surface area (TPSA) is 48.0 Å². The highest BCUT2D eigenvalue weighted by atomic mass is 19.3. The van der Waals surface area contributed by atoms with Gasteiger partial charge in [0.25, 0.3) is 0 Å². The summed E-state index contributed by atoms with van der Waals surface area (Å²) in [6.45, 7) is 2.01. The van der Waals surface area contributed by atoms with Crippen LogP contribution in [0, 0.1) is 0 Å². The lowest BCUT2D eigenvalue weighted by Crippen LogP contribution is -2.18. The minimum Gasteiger partial charge on any atom is -0.494 e. The second-order valence-electron chi connectivity index (χ2n) is 6.35. The highest BCUT2D eigenvalue weighted by molar-refractivity contribution is 5.94. The van der Waals surface area contributed by atoms with Crippen LogP contribution in [0.4, 0.5) is 8.78 Å². The van der Waals surface area contributed by atoms with Crippen LogP contribution in [0.15, 0.2) is 36.4 Å². The molecule has 0 aliphatic carbocycles. The number of halogens is 2. The van der Waals surface area contributed by atoms with Crippen molar-refractivity contribution in [3.63, 3.8) is 0 Å². The van der Waals surface area contributed by atoms with E-state index < -0.39 is 6.61 Å². The van der Waals surface area contributed by atoms with Gasteiger partial charge in [-0.1, -0.05) is 6.07 Å². The Morgan fingerprint density at radius 3 is 2.39 bits per heavy atom. The first-order valence-electron chi connectivity index (χ1n) is 8.91. The predicted octanol–water partition coefficient (Wildman–Crippen LogP) is 4.53. The fourth-order valence-electron chi connectivity index (χ4n) is 2.88. The molecule has 152 valence electrons. The van der Waals surface area contributed by atoms with Crippen LogP contribution in [-0.2, 0) is 13.1 Å². The molecule has 5 nitrogen and oxygen atoms in total. The predicted molar refractivity (Wildman–Crippen MR) is 102 cm³/mol. The highest BCUT2D eigenvalue weighted by Gasteiger charge is 2.14. The summed E-state index contributed by atoms with van der Waals surface area (Å²) >= 11 is 0. The molecule has 0 N–H and O–H groups in total. The summed E-state index contributed by atoms with van der Waals surface area (Å²) in [6, 6.07) is 10.3. The third-order valence-electron chi connectivity index (χ3n) is 4.10. The van der Waals surface area contributed by atoms with Gasteiger partial charge in [0.15, 0.2) is 17.3 Å². The summed E-state index contributed by atoms with van der Waals surface area (Å²) in [6.07, 6.45) is 0. The third-order valence-corrected chi connectivity index (χ3v) is 4.10. The van der Waals surface area contributed by atoms with Crippen LogP contribution in [-0.4, -0.2) is 38.1 Å². The van der Waals surface area contributed by atoms with Crippen molar-refractivity contribution in [2.24, 2.45) is 0 Å². The molecule has 0 atom stereocenters. The minimum atomic E-state index is -2.93. The van der Waals surface area contributed by atoms with Gasteiger partial charge in [-0.3, -0.25) is 9.69 Å². The Balaban J connectivity index is 2.18. The summed E-state index contributed by atoms with van der Waals surface area (Å²) in [4.78, 5) is 13.7. The fraction of sp³-hybridized carbons (Fsp3) is 0.381. The van der Waals surface area contributed by atoms with Gasteiger partial charge in [-0.15, -0.1) is 0 Å². The molecule has 0 unspecified atom stereocenters. The lowest BCUT2D eigenvalue weighted by atomic mass is 10.1. The molecule has 7 heteroatoms. The number of carbonyl (C=O) groups excluding carboxylic acids is 1. The van der Waals surface area contributed by atoms with Crippen LogP contribution in [0.1, 0.15) is 35.3 Å². The fourth-order valence-corrected chi connectivity index (χ4v) is 2.88. The van der Waals surface area contributed by atoms with Crippen molar-refractivity contribution in [1.82, 2.24) is 4.90 Å². The molecule has 0 fully saturated rings. The van der Waals surface area contributed by atoms with Gasteiger partial charge in [-0.05, 0) is 56.8 Å². The summed E-state index contributed by atoms with van der Waals surface area (Å²) in [5, 5.41) is 0. The molecule has 0 bridgehead atoms. The zero-order chi connectivity index (χ0) is 20.7. The number of nitrogens with zero attached hydrogens (tertiary/aromatic N) is 1. The van der Waals surface area contributed by atoms with E-state index in [4.69, 9.17) is 9.47 Å². The number of ketones is 1. The maximum Gasteiger partial charge on any atom is 0.387 e. The molecule has 0 heterocycles. The second kappa shape index (κ2) is 10.0. The first-order valence-corrected chi connectivity index (χ1v) is 8.91. The summed E-state index contributed by atoms with van der Waals surface area (Å²) < 4.78 is 40.5. The number of ether oxygens (including phenoxy) is 3. The maximum absolute atomic E-state index is 12.6. The van der Waals surface area contributed by atoms with Crippen molar-refractivity contribution >= 4 is 5.78 Å². The van der Waals surface area contributed by atoms with E-state index in [0.717, 1.165) is 16.9 Å². The smallest absolute Gasteiger partial charge is 0.387 e. The quantitative estimate of drug-likeness (QED) is 0.555. The molecule has 0 spiro atoms. The Kier molecular flexibility index (Phi) is 7.75. The minimum absolute atomic E-state index is 0.00279. The zero-order valence-corrected chi connectivity index (χ0v) is 16.5. The number of carbonyl (C=O) groups is 1. The number of Topliss-reactive ketones (excluding diaryl/α,β-unsaturated/α-hetero) is 1. The number of hydrogen-bond acceptors (Lipinski definition) is 5. The van der Waals surface area contributed by atoms with E-state index in [0.29, 0.717) is 25.3 Å². The molecule has 28 heavy (non-hydrogen) atoms. The van der Waals surface area contributed by atoms with E-state index in [9.17, 15) is 13.6 Å². The Bertz CT molecular complexity index is 811. The van der Waals surface area contributed by atoms with Crippen LogP contribution < -0.4 is 14.2 Å². The molecule has 2 rings (SSSR count). The maximum atomic E-state index is 12.6. The SMILES string of the molecule is CCOc1ccc(C(C)=O)cc1CN(C)Cc1ccc(OC)c(OC(F)F)c1. The number of rotatable bonds is 10. The largest absolute Gasteiger partial charge is 0.494 e. The van der Waals surface area contributed by atoms with Crippen molar-refractivity contribution < 1.29 is 27.8 Å². The van der Waals surface area contributed by atoms with E-state index in [-0.39, 0.29) is 17.3 Å². The van der Waals surface area contributed by atoms with E-state index in [1.165, 1.54) is 20.1 Å². The standard InChI is InChI=1S/C21H25F2NO4/c1-5-27-18-9-7-16(14(2)25)11-17(18)13-24(3)12-15-6-8-19(26-4)20(10-15)28-21(22)23/h6-11,21H,5,12-13H2,1-4H3. The van der Waals surface area contributed by atoms with Gasteiger partial charge in [0, 0.05) is 24.2 Å². The van der Waals surface area contributed by atoms with Gasteiger partial charge >= 0.3 is 6.61 Å². The third kappa shape index (κ3) is 5.92. The monoisotopic (exact) mass is 393 g/mol. The number of hydrogen-bond donors (Lipinski definition) is 0. The average molecular weight is 393 g/mol. The number of alkyl halides is 2. The molecule has 0 saturated carbocycles. The van der Waals surface area contributed by atoms with Gasteiger partial charge < -0.3 is 14.2 Å². The summed E-state index contributed by atoms with van der Waals surface area (Å²) in [5.41, 5.74) is 2.29. The van der Waals surface area contributed by atoms with E-state index >= 15 is 0 Å². The molecule has 0 saturated heterocycles. The number of methoxy groups -OCH3 is 1. The van der Waals surface area contributed by atoms with Gasteiger partial charge in [0.2, 0.25) is 0 Å². The van der Waals surface area contributed by atoms with Crippen LogP contribution in [0.5, 0.6) is 17.2 Å². The molecule has 0 amide bonds. The van der Waals surface area contributed by atoms with Crippen LogP contribution >= 0.6 is 0 Å². The van der Waals surface area contributed by atoms with Gasteiger partial charge in [0.05, 0.1) is 13.7 Å². The summed E-state index contributed by atoms with van der Waals surface area (Å²) in [7, 11) is 3.30. The van der Waals surface area contributed by atoms with Gasteiger partial charge in [-0.2, -0.15) is 8.78 Å². The normalized spacial score (nSPS) is 11.0. The molecule has 2 aromatic rings. The lowest BCUT2D eigenvalue weighted by Gasteiger charge is -2.20. The Morgan fingerprint density at radius 1 is 1.07 bits per heavy atom. The molecule has 2 aromatic carbocycles. The van der Waals surface area contributed by atoms with E-state index in [1.54, 1.807) is 24.3 Å². The molecule has 0 radical (unpaired) electrons. The Morgan fingerprint density at radius 2 is 1.79 bits per heavy atom. The highest BCUT2D eigenvalue weighted by Crippen LogP contribution is 2.30. The van der Waals surface area contributed by atoms with Crippen molar-refractivity contribution in [3.05, 3.63) is 53.1 Å². The first-order chi connectivity index (χ1) is 13.3. The van der Waals surface area contributed by atoms with Crippen LogP contribution in [0.25, 0.3) is 0 Å². The number of benzene rings is 2. The molecular weight excluding hydrogens is 368 g/mol. The Hall–Kier alpha value is -2.67. The Labute approximate surface area is 163 Å². The molecule has 0 aliphatic rings. The molecule has 0 aliphatic heterocycles.